The molecule has 0 aliphatic carbocycles. The molecule has 120 valence electrons. The second-order valence-electron chi connectivity index (χ2n) is 5.03. The summed E-state index contributed by atoms with van der Waals surface area (Å²) in [5, 5.41) is 12.8. The molecule has 0 saturated heterocycles. The first-order valence-electron chi connectivity index (χ1n) is 7.00. The Bertz CT molecular complexity index is 730. The summed E-state index contributed by atoms with van der Waals surface area (Å²) >= 11 is 0. The third kappa shape index (κ3) is 4.26. The number of hydrogen-bond acceptors (Lipinski definition) is 5. The lowest BCUT2D eigenvalue weighted by Gasteiger charge is -2.09. The van der Waals surface area contributed by atoms with Gasteiger partial charge in [-0.3, -0.25) is 10.1 Å². The fraction of sp³-hybridized carbons (Fsp3) is 0.250. The van der Waals surface area contributed by atoms with Crippen LogP contribution in [-0.2, 0) is 0 Å². The quantitative estimate of drug-likeness (QED) is 0.480. The van der Waals surface area contributed by atoms with E-state index in [1.807, 2.05) is 25.1 Å². The van der Waals surface area contributed by atoms with Crippen molar-refractivity contribution in [3.05, 3.63) is 62.5 Å². The van der Waals surface area contributed by atoms with E-state index in [2.05, 4.69) is 0 Å². The van der Waals surface area contributed by atoms with Crippen molar-refractivity contribution >= 4 is 11.4 Å². The van der Waals surface area contributed by atoms with E-state index in [1.165, 1.54) is 6.07 Å². The minimum Gasteiger partial charge on any atom is -0.483 e. The predicted molar refractivity (Wildman–Crippen MR) is 84.0 cm³/mol. The number of nitro groups is 1. The van der Waals surface area contributed by atoms with Crippen molar-refractivity contribution in [3.8, 4) is 11.5 Å². The second kappa shape index (κ2) is 7.35. The summed E-state index contributed by atoms with van der Waals surface area (Å²) in [7, 11) is 0. The van der Waals surface area contributed by atoms with Crippen molar-refractivity contribution in [2.75, 3.05) is 13.2 Å². The SMILES string of the molecule is Cc1ccc(OCCOc2cc(C)ccc2[N+](=O)[O-])c([NH+]=O)c1. The summed E-state index contributed by atoms with van der Waals surface area (Å²) in [5.41, 5.74) is 2.05. The summed E-state index contributed by atoms with van der Waals surface area (Å²) < 4.78 is 10.9. The Morgan fingerprint density at radius 2 is 1.61 bits per heavy atom. The fourth-order valence-electron chi connectivity index (χ4n) is 2.04. The number of aryl methyl sites for hydroxylation is 2. The Hall–Kier alpha value is -2.96. The van der Waals surface area contributed by atoms with Crippen LogP contribution in [0, 0.1) is 28.9 Å². The lowest BCUT2D eigenvalue weighted by Crippen LogP contribution is -2.55. The Labute approximate surface area is 133 Å². The molecule has 0 unspecified atom stereocenters. The highest BCUT2D eigenvalue weighted by Crippen LogP contribution is 2.27. The van der Waals surface area contributed by atoms with Crippen LogP contribution >= 0.6 is 0 Å². The zero-order valence-corrected chi connectivity index (χ0v) is 12.9. The Morgan fingerprint density at radius 1 is 1.00 bits per heavy atom. The zero-order valence-electron chi connectivity index (χ0n) is 12.9. The molecule has 23 heavy (non-hydrogen) atoms. The standard InChI is InChI=1S/C16H16N2O5/c1-11-4-6-15(13(9-11)17-19)22-7-8-23-16-10-12(2)3-5-14(16)18(20)21/h3-6,9-10H,7-8H2,1-2H3/p+1. The van der Waals surface area contributed by atoms with Crippen LogP contribution < -0.4 is 14.7 Å². The van der Waals surface area contributed by atoms with Gasteiger partial charge in [0.05, 0.1) is 4.92 Å². The molecule has 0 saturated carbocycles. The zero-order chi connectivity index (χ0) is 16.8. The average Bonchev–Trinajstić information content (AvgIpc) is 2.52. The van der Waals surface area contributed by atoms with Crippen LogP contribution in [0.1, 0.15) is 11.1 Å². The Kier molecular flexibility index (Phi) is 5.24. The maximum absolute atomic E-state index is 11.0. The van der Waals surface area contributed by atoms with Crippen molar-refractivity contribution < 1.29 is 19.6 Å². The molecule has 0 bridgehead atoms. The van der Waals surface area contributed by atoms with Gasteiger partial charge in [0.2, 0.25) is 0 Å². The first-order valence-corrected chi connectivity index (χ1v) is 7.00. The van der Waals surface area contributed by atoms with Crippen molar-refractivity contribution in [1.82, 2.24) is 0 Å². The number of nitro benzene ring substituents is 1. The van der Waals surface area contributed by atoms with Crippen LogP contribution in [0.2, 0.25) is 0 Å². The Morgan fingerprint density at radius 3 is 2.26 bits per heavy atom. The molecule has 0 amide bonds. The van der Waals surface area contributed by atoms with E-state index in [-0.39, 0.29) is 24.7 Å². The lowest BCUT2D eigenvalue weighted by atomic mass is 10.2. The van der Waals surface area contributed by atoms with E-state index >= 15 is 0 Å². The van der Waals surface area contributed by atoms with Gasteiger partial charge in [-0.15, -0.1) is 0 Å². The van der Waals surface area contributed by atoms with Crippen LogP contribution in [-0.4, -0.2) is 18.1 Å². The van der Waals surface area contributed by atoms with Gasteiger partial charge in [-0.1, -0.05) is 12.1 Å². The summed E-state index contributed by atoms with van der Waals surface area (Å²) in [6, 6.07) is 9.85. The molecule has 0 spiro atoms. The van der Waals surface area contributed by atoms with Gasteiger partial charge in [0, 0.05) is 22.2 Å². The molecular formula is C16H17N2O5+. The number of rotatable bonds is 7. The highest BCUT2D eigenvalue weighted by atomic mass is 16.6. The molecule has 1 N–H and O–H groups in total. The monoisotopic (exact) mass is 317 g/mol. The summed E-state index contributed by atoms with van der Waals surface area (Å²) in [4.78, 5) is 21.3. The van der Waals surface area contributed by atoms with E-state index in [9.17, 15) is 15.0 Å². The Balaban J connectivity index is 1.97. The number of nitrogens with one attached hydrogen (secondary N) is 1. The lowest BCUT2D eigenvalue weighted by molar-refractivity contribution is -0.385. The van der Waals surface area contributed by atoms with Crippen LogP contribution in [0.3, 0.4) is 0 Å². The molecule has 2 rings (SSSR count). The number of nitroso groups, excluding NO2 is 1. The first kappa shape index (κ1) is 16.4. The van der Waals surface area contributed by atoms with Crippen LogP contribution in [0.4, 0.5) is 11.4 Å². The van der Waals surface area contributed by atoms with E-state index in [0.717, 1.165) is 11.1 Å². The summed E-state index contributed by atoms with van der Waals surface area (Å²) in [6.45, 7) is 3.97. The van der Waals surface area contributed by atoms with Crippen LogP contribution in [0.5, 0.6) is 11.5 Å². The highest BCUT2D eigenvalue weighted by Gasteiger charge is 2.15. The van der Waals surface area contributed by atoms with Gasteiger partial charge in [-0.25, -0.2) is 0 Å². The van der Waals surface area contributed by atoms with Gasteiger partial charge in [0.15, 0.2) is 11.5 Å². The highest BCUT2D eigenvalue weighted by molar-refractivity contribution is 5.48. The summed E-state index contributed by atoms with van der Waals surface area (Å²) in [6.07, 6.45) is 0. The van der Waals surface area contributed by atoms with Crippen molar-refractivity contribution in [1.29, 1.82) is 0 Å². The number of ether oxygens (including phenoxy) is 2. The van der Waals surface area contributed by atoms with Crippen LogP contribution in [0.15, 0.2) is 36.4 Å². The summed E-state index contributed by atoms with van der Waals surface area (Å²) in [5.74, 6) is 0.609. The first-order chi connectivity index (χ1) is 11.0. The molecule has 0 aliphatic rings. The van der Waals surface area contributed by atoms with Crippen molar-refractivity contribution in [3.63, 3.8) is 0 Å². The molecule has 2 aromatic rings. The molecule has 0 heterocycles. The normalized spacial score (nSPS) is 10.2. The van der Waals surface area contributed by atoms with E-state index in [0.29, 0.717) is 11.4 Å². The maximum Gasteiger partial charge on any atom is 0.310 e. The van der Waals surface area contributed by atoms with Gasteiger partial charge in [0.1, 0.15) is 13.2 Å². The smallest absolute Gasteiger partial charge is 0.310 e. The molecule has 7 nitrogen and oxygen atoms in total. The van der Waals surface area contributed by atoms with E-state index < -0.39 is 4.92 Å². The second-order valence-corrected chi connectivity index (χ2v) is 5.03. The van der Waals surface area contributed by atoms with Gasteiger partial charge >= 0.3 is 5.69 Å². The molecule has 0 atom stereocenters. The molecule has 0 aliphatic heterocycles. The van der Waals surface area contributed by atoms with Crippen LogP contribution in [0.25, 0.3) is 0 Å². The molecule has 0 fully saturated rings. The fourth-order valence-corrected chi connectivity index (χ4v) is 2.04. The number of nitrogens with zero attached hydrogens (tertiary/aromatic N) is 1. The van der Waals surface area contributed by atoms with Gasteiger partial charge in [-0.05, 0) is 37.1 Å². The largest absolute Gasteiger partial charge is 0.483 e. The van der Waals surface area contributed by atoms with Gasteiger partial charge < -0.3 is 9.47 Å². The minimum absolute atomic E-state index is 0.0900. The van der Waals surface area contributed by atoms with Crippen molar-refractivity contribution in [2.24, 2.45) is 0 Å². The molecular weight excluding hydrogens is 300 g/mol. The molecule has 0 aromatic heterocycles. The maximum atomic E-state index is 11.0. The molecule has 7 heteroatoms. The average molecular weight is 317 g/mol. The van der Waals surface area contributed by atoms with Gasteiger partial charge in [0.25, 0.3) is 5.69 Å². The van der Waals surface area contributed by atoms with E-state index in [1.54, 1.807) is 24.3 Å². The predicted octanol–water partition coefficient (Wildman–Crippen LogP) is 2.15. The third-order valence-electron chi connectivity index (χ3n) is 3.16. The molecule has 2 aromatic carbocycles. The third-order valence-corrected chi connectivity index (χ3v) is 3.16. The number of hydrogen-bond donors (Lipinski definition) is 1. The topological polar surface area (TPSA) is 92.6 Å². The molecule has 0 radical (unpaired) electrons. The van der Waals surface area contributed by atoms with E-state index in [4.69, 9.17) is 9.47 Å². The van der Waals surface area contributed by atoms with Gasteiger partial charge in [-0.2, -0.15) is 0 Å². The number of benzene rings is 2. The minimum atomic E-state index is -0.491. The van der Waals surface area contributed by atoms with Crippen molar-refractivity contribution in [2.45, 2.75) is 13.8 Å².